The van der Waals surface area contributed by atoms with Crippen LogP contribution in [0.15, 0.2) is 24.3 Å². The molecule has 0 bridgehead atoms. The Balaban J connectivity index is 1.82. The molecule has 1 aromatic rings. The normalized spacial score (nSPS) is 16.9. The molecule has 0 radical (unpaired) electrons. The van der Waals surface area contributed by atoms with Gasteiger partial charge in [0.2, 0.25) is 0 Å². The largest absolute Gasteiger partial charge is 0.309 e. The summed E-state index contributed by atoms with van der Waals surface area (Å²) in [5, 5.41) is 0. The van der Waals surface area contributed by atoms with Crippen molar-refractivity contribution in [3.05, 3.63) is 35.4 Å². The van der Waals surface area contributed by atoms with Crippen molar-refractivity contribution in [1.29, 1.82) is 0 Å². The van der Waals surface area contributed by atoms with Crippen molar-refractivity contribution < 1.29 is 0 Å². The Bertz CT molecular complexity index is 320. The van der Waals surface area contributed by atoms with Crippen LogP contribution in [-0.2, 0) is 12.8 Å². The van der Waals surface area contributed by atoms with E-state index >= 15 is 0 Å². The minimum absolute atomic E-state index is 1.20. The Morgan fingerprint density at radius 2 is 1.65 bits per heavy atom. The summed E-state index contributed by atoms with van der Waals surface area (Å²) >= 11 is 0. The van der Waals surface area contributed by atoms with Crippen LogP contribution in [0.4, 0.5) is 0 Å². The zero-order chi connectivity index (χ0) is 12.1. The molecule has 2 rings (SSSR count). The van der Waals surface area contributed by atoms with Crippen LogP contribution in [0.5, 0.6) is 0 Å². The van der Waals surface area contributed by atoms with Gasteiger partial charge < -0.3 is 9.80 Å². The molecular weight excluding hydrogens is 208 g/mol. The van der Waals surface area contributed by atoms with E-state index < -0.39 is 0 Å². The van der Waals surface area contributed by atoms with Crippen LogP contribution in [-0.4, -0.2) is 50.1 Å². The maximum atomic E-state index is 2.61. The van der Waals surface area contributed by atoms with Crippen LogP contribution in [0.1, 0.15) is 17.5 Å². The van der Waals surface area contributed by atoms with Crippen molar-refractivity contribution in [2.75, 3.05) is 40.3 Å². The third kappa shape index (κ3) is 3.83. The third-order valence-electron chi connectivity index (χ3n) is 3.59. The monoisotopic (exact) mass is 232 g/mol. The van der Waals surface area contributed by atoms with E-state index in [2.05, 4.69) is 48.2 Å². The van der Waals surface area contributed by atoms with Crippen molar-refractivity contribution in [1.82, 2.24) is 9.80 Å². The summed E-state index contributed by atoms with van der Waals surface area (Å²) in [6, 6.07) is 8.92. The van der Waals surface area contributed by atoms with Crippen LogP contribution >= 0.6 is 0 Å². The average Bonchev–Trinajstić information content (AvgIpc) is 2.52. The van der Waals surface area contributed by atoms with Gasteiger partial charge >= 0.3 is 0 Å². The van der Waals surface area contributed by atoms with Crippen LogP contribution < -0.4 is 0 Å². The second-order valence-electron chi connectivity index (χ2n) is 5.27. The molecule has 0 fully saturated rings. The molecule has 1 heterocycles. The SMILES string of the molecule is CN(C)CCCN1CCc2ccccc2CC1. The molecule has 2 heteroatoms. The molecule has 17 heavy (non-hydrogen) atoms. The van der Waals surface area contributed by atoms with E-state index in [1.165, 1.54) is 45.4 Å². The summed E-state index contributed by atoms with van der Waals surface area (Å²) in [6.45, 7) is 4.89. The third-order valence-corrected chi connectivity index (χ3v) is 3.59. The summed E-state index contributed by atoms with van der Waals surface area (Å²) in [4.78, 5) is 4.88. The Labute approximate surface area is 105 Å². The van der Waals surface area contributed by atoms with Crippen molar-refractivity contribution in [2.45, 2.75) is 19.3 Å². The molecule has 2 nitrogen and oxygen atoms in total. The summed E-state index contributed by atoms with van der Waals surface area (Å²) in [5.74, 6) is 0. The van der Waals surface area contributed by atoms with Crippen molar-refractivity contribution in [3.8, 4) is 0 Å². The van der Waals surface area contributed by atoms with Crippen LogP contribution in [0.2, 0.25) is 0 Å². The Kier molecular flexibility index (Phi) is 4.57. The van der Waals surface area contributed by atoms with Gasteiger partial charge in [-0.2, -0.15) is 0 Å². The van der Waals surface area contributed by atoms with E-state index in [0.717, 1.165) is 0 Å². The van der Waals surface area contributed by atoms with Gasteiger partial charge in [0, 0.05) is 13.1 Å². The van der Waals surface area contributed by atoms with E-state index in [9.17, 15) is 0 Å². The standard InChI is InChI=1S/C15H24N2/c1-16(2)10-5-11-17-12-8-14-6-3-4-7-15(14)9-13-17/h3-4,6-7H,5,8-13H2,1-2H3. The van der Waals surface area contributed by atoms with Gasteiger partial charge in [-0.15, -0.1) is 0 Å². The fraction of sp³-hybridized carbons (Fsp3) is 0.600. The summed E-state index contributed by atoms with van der Waals surface area (Å²) in [7, 11) is 4.30. The van der Waals surface area contributed by atoms with Gasteiger partial charge in [-0.05, 0) is 57.6 Å². The Morgan fingerprint density at radius 3 is 2.18 bits per heavy atom. The highest BCUT2D eigenvalue weighted by Gasteiger charge is 2.12. The number of hydrogen-bond donors (Lipinski definition) is 0. The smallest absolute Gasteiger partial charge is 0.00221 e. The number of hydrogen-bond acceptors (Lipinski definition) is 2. The van der Waals surface area contributed by atoms with Crippen LogP contribution in [0.25, 0.3) is 0 Å². The second kappa shape index (κ2) is 6.18. The Morgan fingerprint density at radius 1 is 1.06 bits per heavy atom. The number of fused-ring (bicyclic) bond motifs is 1. The molecule has 0 N–H and O–H groups in total. The minimum Gasteiger partial charge on any atom is -0.309 e. The van der Waals surface area contributed by atoms with E-state index in [4.69, 9.17) is 0 Å². The van der Waals surface area contributed by atoms with Gasteiger partial charge in [-0.3, -0.25) is 0 Å². The van der Waals surface area contributed by atoms with E-state index in [0.29, 0.717) is 0 Å². The summed E-state index contributed by atoms with van der Waals surface area (Å²) < 4.78 is 0. The van der Waals surface area contributed by atoms with Gasteiger partial charge in [-0.25, -0.2) is 0 Å². The molecule has 0 saturated carbocycles. The molecule has 0 aromatic heterocycles. The lowest BCUT2D eigenvalue weighted by atomic mass is 10.0. The molecule has 0 saturated heterocycles. The molecule has 1 aliphatic heterocycles. The zero-order valence-corrected chi connectivity index (χ0v) is 11.2. The van der Waals surface area contributed by atoms with Gasteiger partial charge in [0.15, 0.2) is 0 Å². The molecule has 0 aliphatic carbocycles. The first kappa shape index (κ1) is 12.6. The number of benzene rings is 1. The molecule has 0 amide bonds. The molecule has 94 valence electrons. The van der Waals surface area contributed by atoms with Crippen molar-refractivity contribution in [3.63, 3.8) is 0 Å². The molecule has 1 aromatic carbocycles. The minimum atomic E-state index is 1.20. The summed E-state index contributed by atoms with van der Waals surface area (Å²) in [6.07, 6.45) is 3.72. The highest BCUT2D eigenvalue weighted by atomic mass is 15.1. The highest BCUT2D eigenvalue weighted by molar-refractivity contribution is 5.28. The molecular formula is C15H24N2. The average molecular weight is 232 g/mol. The lowest BCUT2D eigenvalue weighted by molar-refractivity contribution is 0.266. The zero-order valence-electron chi connectivity index (χ0n) is 11.2. The predicted octanol–water partition coefficient (Wildman–Crippen LogP) is 2.04. The van der Waals surface area contributed by atoms with E-state index in [1.54, 1.807) is 11.1 Å². The Hall–Kier alpha value is -0.860. The quantitative estimate of drug-likeness (QED) is 0.784. The van der Waals surface area contributed by atoms with Gasteiger partial charge in [-0.1, -0.05) is 24.3 Å². The molecule has 1 aliphatic rings. The molecule has 0 spiro atoms. The van der Waals surface area contributed by atoms with Gasteiger partial charge in [0.1, 0.15) is 0 Å². The first-order chi connectivity index (χ1) is 8.25. The van der Waals surface area contributed by atoms with Crippen LogP contribution in [0.3, 0.4) is 0 Å². The lowest BCUT2D eigenvalue weighted by Gasteiger charge is -2.20. The first-order valence-corrected chi connectivity index (χ1v) is 6.69. The maximum Gasteiger partial charge on any atom is 0.00221 e. The maximum absolute atomic E-state index is 2.61. The molecule has 0 atom stereocenters. The van der Waals surface area contributed by atoms with Crippen LogP contribution in [0, 0.1) is 0 Å². The fourth-order valence-electron chi connectivity index (χ4n) is 2.55. The first-order valence-electron chi connectivity index (χ1n) is 6.69. The lowest BCUT2D eigenvalue weighted by Crippen LogP contribution is -2.29. The van der Waals surface area contributed by atoms with Crippen molar-refractivity contribution in [2.24, 2.45) is 0 Å². The number of rotatable bonds is 4. The van der Waals surface area contributed by atoms with E-state index in [-0.39, 0.29) is 0 Å². The topological polar surface area (TPSA) is 6.48 Å². The predicted molar refractivity (Wildman–Crippen MR) is 73.5 cm³/mol. The van der Waals surface area contributed by atoms with Gasteiger partial charge in [0.05, 0.1) is 0 Å². The molecule has 0 unspecified atom stereocenters. The summed E-state index contributed by atoms with van der Waals surface area (Å²) in [5.41, 5.74) is 3.12. The van der Waals surface area contributed by atoms with Crippen molar-refractivity contribution >= 4 is 0 Å². The highest BCUT2D eigenvalue weighted by Crippen LogP contribution is 2.15. The number of nitrogens with zero attached hydrogens (tertiary/aromatic N) is 2. The fourth-order valence-corrected chi connectivity index (χ4v) is 2.55. The second-order valence-corrected chi connectivity index (χ2v) is 5.27. The van der Waals surface area contributed by atoms with E-state index in [1.807, 2.05) is 0 Å². The van der Waals surface area contributed by atoms with Gasteiger partial charge in [0.25, 0.3) is 0 Å².